The van der Waals surface area contributed by atoms with Crippen molar-refractivity contribution >= 4 is 58.9 Å². The third kappa shape index (κ3) is 2.80. The van der Waals surface area contributed by atoms with Crippen LogP contribution in [-0.4, -0.2) is 16.1 Å². The lowest BCUT2D eigenvalue weighted by Crippen LogP contribution is -2.23. The first-order valence-corrected chi connectivity index (χ1v) is 17.7. The van der Waals surface area contributed by atoms with Crippen molar-refractivity contribution in [3.8, 4) is 0 Å². The molecule has 32 heavy (non-hydrogen) atoms. The second-order valence-corrected chi connectivity index (χ2v) is 19.0. The van der Waals surface area contributed by atoms with Gasteiger partial charge in [0.2, 0.25) is 0 Å². The zero-order valence-electron chi connectivity index (χ0n) is 19.2. The van der Waals surface area contributed by atoms with Crippen molar-refractivity contribution < 1.29 is 0 Å². The van der Waals surface area contributed by atoms with E-state index in [4.69, 9.17) is 0 Å². The Morgan fingerprint density at radius 2 is 0.938 bits per heavy atom. The van der Waals surface area contributed by atoms with Crippen LogP contribution in [0.4, 0.5) is 0 Å². The fraction of sp³-hybridized carbons (Fsp3) is 0.133. The number of hydrogen-bond acceptors (Lipinski definition) is 0. The fourth-order valence-corrected chi connectivity index (χ4v) is 10.0. The number of fused-ring (bicyclic) bond motifs is 5. The molecule has 0 N–H and O–H groups in total. The van der Waals surface area contributed by atoms with Crippen LogP contribution in [0.3, 0.4) is 0 Å². The molecule has 4 aromatic rings. The molecule has 2 heterocycles. The molecule has 0 aliphatic carbocycles. The van der Waals surface area contributed by atoms with Gasteiger partial charge in [0.15, 0.2) is 0 Å². The summed E-state index contributed by atoms with van der Waals surface area (Å²) in [5.74, 6) is 0. The Kier molecular flexibility index (Phi) is 4.17. The van der Waals surface area contributed by atoms with Crippen molar-refractivity contribution in [2.75, 3.05) is 0 Å². The Morgan fingerprint density at radius 1 is 0.531 bits per heavy atom. The molecule has 4 aromatic carbocycles. The first-order valence-electron chi connectivity index (χ1n) is 11.5. The molecule has 0 fully saturated rings. The molecule has 0 amide bonds. The first-order chi connectivity index (χ1) is 15.4. The fourth-order valence-electron chi connectivity index (χ4n) is 5.68. The highest BCUT2D eigenvalue weighted by atomic mass is 28.3. The van der Waals surface area contributed by atoms with Crippen molar-refractivity contribution in [3.63, 3.8) is 0 Å². The second-order valence-electron chi connectivity index (χ2n) is 10.4. The van der Waals surface area contributed by atoms with E-state index >= 15 is 0 Å². The van der Waals surface area contributed by atoms with E-state index in [0.29, 0.717) is 0 Å². The molecular weight excluding hydrogens is 417 g/mol. The Hall–Kier alpha value is -2.95. The molecule has 0 bridgehead atoms. The number of benzene rings is 4. The quantitative estimate of drug-likeness (QED) is 0.214. The highest BCUT2D eigenvalue weighted by Gasteiger charge is 2.30. The summed E-state index contributed by atoms with van der Waals surface area (Å²) in [6.07, 6.45) is 9.27. The maximum atomic E-state index is 2.48. The van der Waals surface area contributed by atoms with E-state index in [1.54, 1.807) is 10.4 Å². The van der Waals surface area contributed by atoms with Gasteiger partial charge in [0.25, 0.3) is 0 Å². The summed E-state index contributed by atoms with van der Waals surface area (Å²) >= 11 is 0. The van der Waals surface area contributed by atoms with E-state index < -0.39 is 16.1 Å². The van der Waals surface area contributed by atoms with Crippen molar-refractivity contribution in [1.82, 2.24) is 0 Å². The zero-order valence-corrected chi connectivity index (χ0v) is 21.2. The lowest BCUT2D eigenvalue weighted by atomic mass is 9.90. The molecule has 156 valence electrons. The Balaban J connectivity index is 1.77. The van der Waals surface area contributed by atoms with Gasteiger partial charge in [0.1, 0.15) is 16.1 Å². The molecule has 0 saturated carbocycles. The van der Waals surface area contributed by atoms with Crippen LogP contribution in [0.5, 0.6) is 0 Å². The van der Waals surface area contributed by atoms with Crippen LogP contribution in [0, 0.1) is 0 Å². The molecule has 6 rings (SSSR count). The molecule has 0 spiro atoms. The maximum Gasteiger partial charge on any atom is 0.105 e. The van der Waals surface area contributed by atoms with Gasteiger partial charge in [-0.1, -0.05) is 110 Å². The summed E-state index contributed by atoms with van der Waals surface area (Å²) < 4.78 is 0. The highest BCUT2D eigenvalue weighted by molar-refractivity contribution is 7.00. The van der Waals surface area contributed by atoms with Crippen molar-refractivity contribution in [2.45, 2.75) is 26.2 Å². The predicted molar refractivity (Wildman–Crippen MR) is 148 cm³/mol. The summed E-state index contributed by atoms with van der Waals surface area (Å²) in [6, 6.07) is 23.0. The van der Waals surface area contributed by atoms with E-state index in [0.717, 1.165) is 0 Å². The molecule has 2 heteroatoms. The van der Waals surface area contributed by atoms with Gasteiger partial charge in [-0.05, 0) is 66.0 Å². The van der Waals surface area contributed by atoms with E-state index in [9.17, 15) is 0 Å². The predicted octanol–water partition coefficient (Wildman–Crippen LogP) is 8.63. The molecule has 0 radical (unpaired) electrons. The van der Waals surface area contributed by atoms with Gasteiger partial charge in [-0.2, -0.15) is 0 Å². The number of allylic oxidation sites excluding steroid dienone is 4. The topological polar surface area (TPSA) is 0 Å². The van der Waals surface area contributed by atoms with Crippen LogP contribution < -0.4 is 0 Å². The van der Waals surface area contributed by atoms with E-state index in [1.807, 2.05) is 0 Å². The van der Waals surface area contributed by atoms with E-state index in [2.05, 4.69) is 123 Å². The van der Waals surface area contributed by atoms with Gasteiger partial charge in [0, 0.05) is 0 Å². The van der Waals surface area contributed by atoms with Gasteiger partial charge < -0.3 is 0 Å². The average Bonchev–Trinajstić information content (AvgIpc) is 3.32. The van der Waals surface area contributed by atoms with Gasteiger partial charge >= 0.3 is 0 Å². The molecule has 0 saturated heterocycles. The Bertz CT molecular complexity index is 1440. The van der Waals surface area contributed by atoms with Crippen LogP contribution >= 0.6 is 0 Å². The lowest BCUT2D eigenvalue weighted by Gasteiger charge is -2.24. The SMILES string of the molecule is C[Si]1(C)C=CC=C1c1cc2cc(C3=CC=C[Si]3(C)C)c3ccccc3c2c2ccccc12. The molecule has 0 unspecified atom stereocenters. The van der Waals surface area contributed by atoms with Crippen LogP contribution in [0.1, 0.15) is 11.1 Å². The molecule has 0 atom stereocenters. The Morgan fingerprint density at radius 3 is 1.31 bits per heavy atom. The lowest BCUT2D eigenvalue weighted by molar-refractivity contribution is 1.70. The standard InChI is InChI=1S/C30H28Si2/c1-31(2)17-9-15-28(31)26-19-21-20-27(29-16-10-18-32(29,3)4)23-12-6-8-14-25(23)30(21)24-13-7-5-11-22(24)26/h5-20H,1-4H3. The summed E-state index contributed by atoms with van der Waals surface area (Å²) in [7, 11) is -3.13. The Labute approximate surface area is 192 Å². The third-order valence-electron chi connectivity index (χ3n) is 7.38. The van der Waals surface area contributed by atoms with Crippen molar-refractivity contribution in [3.05, 3.63) is 107 Å². The minimum atomic E-state index is -1.56. The zero-order chi connectivity index (χ0) is 22.1. The smallest absolute Gasteiger partial charge is 0.0903 e. The van der Waals surface area contributed by atoms with Crippen molar-refractivity contribution in [2.24, 2.45) is 0 Å². The summed E-state index contributed by atoms with van der Waals surface area (Å²) in [6.45, 7) is 9.82. The van der Waals surface area contributed by atoms with Gasteiger partial charge in [-0.15, -0.1) is 0 Å². The maximum absolute atomic E-state index is 2.48. The summed E-state index contributed by atoms with van der Waals surface area (Å²) in [5, 5.41) is 11.3. The largest absolute Gasteiger partial charge is 0.105 e. The molecule has 0 nitrogen and oxygen atoms in total. The monoisotopic (exact) mass is 444 g/mol. The number of hydrogen-bond donors (Lipinski definition) is 0. The molecular formula is C30H28Si2. The third-order valence-corrected chi connectivity index (χ3v) is 13.1. The minimum Gasteiger partial charge on any atom is -0.0903 e. The highest BCUT2D eigenvalue weighted by Crippen LogP contribution is 2.44. The van der Waals surface area contributed by atoms with Crippen LogP contribution in [-0.2, 0) is 0 Å². The molecule has 2 aliphatic heterocycles. The van der Waals surface area contributed by atoms with E-state index in [1.165, 1.54) is 43.4 Å². The van der Waals surface area contributed by atoms with Gasteiger partial charge in [0.05, 0.1) is 0 Å². The molecule has 0 aromatic heterocycles. The van der Waals surface area contributed by atoms with Gasteiger partial charge in [-0.3, -0.25) is 0 Å². The van der Waals surface area contributed by atoms with Crippen LogP contribution in [0.25, 0.3) is 42.7 Å². The summed E-state index contributed by atoms with van der Waals surface area (Å²) in [4.78, 5) is 0. The average molecular weight is 445 g/mol. The van der Waals surface area contributed by atoms with Crippen LogP contribution in [0.2, 0.25) is 26.2 Å². The first kappa shape index (κ1) is 19.7. The second kappa shape index (κ2) is 6.77. The van der Waals surface area contributed by atoms with Gasteiger partial charge in [-0.25, -0.2) is 0 Å². The summed E-state index contributed by atoms with van der Waals surface area (Å²) in [5.41, 5.74) is 7.75. The van der Waals surface area contributed by atoms with Crippen molar-refractivity contribution in [1.29, 1.82) is 0 Å². The molecule has 2 aliphatic rings. The number of rotatable bonds is 2. The normalized spacial score (nSPS) is 18.6. The van der Waals surface area contributed by atoms with E-state index in [-0.39, 0.29) is 0 Å². The van der Waals surface area contributed by atoms with Crippen LogP contribution in [0.15, 0.2) is 96.4 Å². The minimum absolute atomic E-state index is 1.36.